The Hall–Kier alpha value is -2.54. The zero-order valence-electron chi connectivity index (χ0n) is 16.8. The predicted molar refractivity (Wildman–Crippen MR) is 126 cm³/mol. The van der Waals surface area contributed by atoms with Gasteiger partial charge in [0.25, 0.3) is 0 Å². The summed E-state index contributed by atoms with van der Waals surface area (Å²) in [5, 5.41) is 4.26. The Labute approximate surface area is 194 Å². The first kappa shape index (κ1) is 23.1. The SMILES string of the molecule is CCOC(=O)c1cc(-c2ccccc2)sc1NC(=O)CCCOc1ccc(Cl)cc1Cl. The summed E-state index contributed by atoms with van der Waals surface area (Å²) in [7, 11) is 0. The van der Waals surface area contributed by atoms with Crippen LogP contribution in [0.4, 0.5) is 5.00 Å². The van der Waals surface area contributed by atoms with Crippen molar-refractivity contribution in [2.75, 3.05) is 18.5 Å². The zero-order valence-corrected chi connectivity index (χ0v) is 19.2. The number of thiophene rings is 1. The number of nitrogens with one attached hydrogen (secondary N) is 1. The Morgan fingerprint density at radius 3 is 2.55 bits per heavy atom. The van der Waals surface area contributed by atoms with Gasteiger partial charge in [0.15, 0.2) is 0 Å². The van der Waals surface area contributed by atoms with Crippen LogP contribution in [0.5, 0.6) is 5.75 Å². The summed E-state index contributed by atoms with van der Waals surface area (Å²) in [6.45, 7) is 2.32. The lowest BCUT2D eigenvalue weighted by Crippen LogP contribution is -2.14. The Kier molecular flexibility index (Phi) is 8.35. The Balaban J connectivity index is 1.61. The lowest BCUT2D eigenvalue weighted by molar-refractivity contribution is -0.116. The number of carbonyl (C=O) groups excluding carboxylic acids is 2. The fourth-order valence-corrected chi connectivity index (χ4v) is 4.32. The summed E-state index contributed by atoms with van der Waals surface area (Å²) in [5.41, 5.74) is 1.31. The van der Waals surface area contributed by atoms with Crippen molar-refractivity contribution >= 4 is 51.4 Å². The van der Waals surface area contributed by atoms with Crippen LogP contribution in [0.15, 0.2) is 54.6 Å². The van der Waals surface area contributed by atoms with E-state index in [2.05, 4.69) is 5.32 Å². The van der Waals surface area contributed by atoms with Gasteiger partial charge in [-0.1, -0.05) is 53.5 Å². The molecule has 1 heterocycles. The second-order valence-corrected chi connectivity index (χ2v) is 8.41. The minimum absolute atomic E-state index is 0.210. The van der Waals surface area contributed by atoms with Gasteiger partial charge in [0.05, 0.1) is 23.8 Å². The first-order valence-corrected chi connectivity index (χ1v) is 11.3. The van der Waals surface area contributed by atoms with Crippen molar-refractivity contribution in [1.29, 1.82) is 0 Å². The van der Waals surface area contributed by atoms with Crippen LogP contribution in [0.1, 0.15) is 30.1 Å². The standard InChI is InChI=1S/C23H21Cl2NO4S/c1-2-29-23(28)17-14-20(15-7-4-3-5-8-15)31-22(17)26-21(27)9-6-12-30-19-11-10-16(24)13-18(19)25/h3-5,7-8,10-11,13-14H,2,6,9,12H2,1H3,(H,26,27). The van der Waals surface area contributed by atoms with E-state index in [4.69, 9.17) is 32.7 Å². The molecule has 0 spiro atoms. The predicted octanol–water partition coefficient (Wildman–Crippen LogP) is 6.70. The van der Waals surface area contributed by atoms with E-state index in [1.54, 1.807) is 31.2 Å². The van der Waals surface area contributed by atoms with Crippen LogP contribution >= 0.6 is 34.5 Å². The molecule has 3 aromatic rings. The topological polar surface area (TPSA) is 64.6 Å². The van der Waals surface area contributed by atoms with Gasteiger partial charge in [-0.15, -0.1) is 11.3 Å². The smallest absolute Gasteiger partial charge is 0.341 e. The minimum Gasteiger partial charge on any atom is -0.492 e. The first-order chi connectivity index (χ1) is 15.0. The Morgan fingerprint density at radius 2 is 1.84 bits per heavy atom. The van der Waals surface area contributed by atoms with Crippen LogP contribution in [-0.4, -0.2) is 25.1 Å². The third kappa shape index (κ3) is 6.47. The number of hydrogen-bond acceptors (Lipinski definition) is 5. The third-order valence-electron chi connectivity index (χ3n) is 4.24. The van der Waals surface area contributed by atoms with Gasteiger partial charge in [0, 0.05) is 16.3 Å². The van der Waals surface area contributed by atoms with E-state index in [1.165, 1.54) is 11.3 Å². The van der Waals surface area contributed by atoms with Gasteiger partial charge in [0.1, 0.15) is 10.8 Å². The van der Waals surface area contributed by atoms with Gasteiger partial charge in [-0.2, -0.15) is 0 Å². The van der Waals surface area contributed by atoms with E-state index in [0.717, 1.165) is 10.4 Å². The van der Waals surface area contributed by atoms with Crippen molar-refractivity contribution in [3.63, 3.8) is 0 Å². The summed E-state index contributed by atoms with van der Waals surface area (Å²) in [5.74, 6) is -0.156. The second-order valence-electron chi connectivity index (χ2n) is 6.51. The second kappa shape index (κ2) is 11.2. The number of amides is 1. The molecule has 0 aliphatic carbocycles. The first-order valence-electron chi connectivity index (χ1n) is 9.72. The van der Waals surface area contributed by atoms with Crippen molar-refractivity contribution in [2.24, 2.45) is 0 Å². The van der Waals surface area contributed by atoms with Crippen molar-refractivity contribution in [3.8, 4) is 16.2 Å². The highest BCUT2D eigenvalue weighted by atomic mass is 35.5. The molecule has 0 aliphatic rings. The average molecular weight is 478 g/mol. The number of anilines is 1. The van der Waals surface area contributed by atoms with Crippen molar-refractivity contribution in [1.82, 2.24) is 0 Å². The zero-order chi connectivity index (χ0) is 22.2. The van der Waals surface area contributed by atoms with Crippen molar-refractivity contribution < 1.29 is 19.1 Å². The average Bonchev–Trinajstić information content (AvgIpc) is 3.17. The van der Waals surface area contributed by atoms with Crippen LogP contribution in [0.25, 0.3) is 10.4 Å². The van der Waals surface area contributed by atoms with Crippen LogP contribution in [-0.2, 0) is 9.53 Å². The largest absolute Gasteiger partial charge is 0.492 e. The molecule has 0 saturated heterocycles. The fourth-order valence-electron chi connectivity index (χ4n) is 2.79. The highest BCUT2D eigenvalue weighted by Crippen LogP contribution is 2.36. The number of esters is 1. The Morgan fingerprint density at radius 1 is 1.06 bits per heavy atom. The fraction of sp³-hybridized carbons (Fsp3) is 0.217. The number of carbonyl (C=O) groups is 2. The number of rotatable bonds is 9. The highest BCUT2D eigenvalue weighted by molar-refractivity contribution is 7.20. The summed E-state index contributed by atoms with van der Waals surface area (Å²) in [4.78, 5) is 25.7. The van der Waals surface area contributed by atoms with Crippen LogP contribution in [0.3, 0.4) is 0 Å². The normalized spacial score (nSPS) is 10.5. The van der Waals surface area contributed by atoms with E-state index >= 15 is 0 Å². The van der Waals surface area contributed by atoms with E-state index in [9.17, 15) is 9.59 Å². The third-order valence-corrected chi connectivity index (χ3v) is 5.87. The van der Waals surface area contributed by atoms with E-state index in [0.29, 0.717) is 39.4 Å². The molecule has 0 radical (unpaired) electrons. The number of hydrogen-bond donors (Lipinski definition) is 1. The Bertz CT molecular complexity index is 1050. The molecule has 162 valence electrons. The molecule has 1 aromatic heterocycles. The molecule has 0 bridgehead atoms. The molecule has 0 aliphatic heterocycles. The molecular formula is C23H21Cl2NO4S. The number of benzene rings is 2. The molecule has 0 saturated carbocycles. The summed E-state index contributed by atoms with van der Waals surface area (Å²) < 4.78 is 10.7. The van der Waals surface area contributed by atoms with E-state index in [-0.39, 0.29) is 18.9 Å². The monoisotopic (exact) mass is 477 g/mol. The van der Waals surface area contributed by atoms with Crippen molar-refractivity contribution in [2.45, 2.75) is 19.8 Å². The lowest BCUT2D eigenvalue weighted by atomic mass is 10.1. The molecule has 3 rings (SSSR count). The maximum Gasteiger partial charge on any atom is 0.341 e. The molecule has 0 fully saturated rings. The summed E-state index contributed by atoms with van der Waals surface area (Å²) >= 11 is 13.3. The molecule has 5 nitrogen and oxygen atoms in total. The van der Waals surface area contributed by atoms with Crippen LogP contribution in [0, 0.1) is 0 Å². The molecule has 1 amide bonds. The maximum absolute atomic E-state index is 12.5. The van der Waals surface area contributed by atoms with E-state index in [1.807, 2.05) is 30.3 Å². The van der Waals surface area contributed by atoms with E-state index < -0.39 is 5.97 Å². The van der Waals surface area contributed by atoms with Gasteiger partial charge in [-0.25, -0.2) is 4.79 Å². The van der Waals surface area contributed by atoms with Gasteiger partial charge in [0.2, 0.25) is 5.91 Å². The number of halogens is 2. The van der Waals surface area contributed by atoms with Gasteiger partial charge < -0.3 is 14.8 Å². The highest BCUT2D eigenvalue weighted by Gasteiger charge is 2.19. The molecular weight excluding hydrogens is 457 g/mol. The molecule has 0 atom stereocenters. The summed E-state index contributed by atoms with van der Waals surface area (Å²) in [6, 6.07) is 16.4. The maximum atomic E-state index is 12.5. The van der Waals surface area contributed by atoms with Crippen molar-refractivity contribution in [3.05, 3.63) is 70.2 Å². The lowest BCUT2D eigenvalue weighted by Gasteiger charge is -2.09. The molecule has 0 unspecified atom stereocenters. The van der Waals surface area contributed by atoms with Gasteiger partial charge in [-0.05, 0) is 43.2 Å². The minimum atomic E-state index is -0.461. The van der Waals surface area contributed by atoms with Gasteiger partial charge in [-0.3, -0.25) is 4.79 Å². The molecule has 31 heavy (non-hydrogen) atoms. The van der Waals surface area contributed by atoms with Gasteiger partial charge >= 0.3 is 5.97 Å². The molecule has 8 heteroatoms. The van der Waals surface area contributed by atoms with Crippen LogP contribution < -0.4 is 10.1 Å². The summed E-state index contributed by atoms with van der Waals surface area (Å²) in [6.07, 6.45) is 0.711. The number of ether oxygens (including phenoxy) is 2. The molecule has 2 aromatic carbocycles. The molecule has 1 N–H and O–H groups in total. The van der Waals surface area contributed by atoms with Crippen LogP contribution in [0.2, 0.25) is 10.0 Å². The quantitative estimate of drug-likeness (QED) is 0.275.